The van der Waals surface area contributed by atoms with E-state index in [2.05, 4.69) is 21.0 Å². The molecule has 0 aromatic heterocycles. The molecule has 0 aliphatic rings. The molecule has 0 saturated carbocycles. The van der Waals surface area contributed by atoms with Crippen molar-refractivity contribution in [3.05, 3.63) is 29.8 Å². The zero-order chi connectivity index (χ0) is 19.5. The van der Waals surface area contributed by atoms with E-state index in [9.17, 15) is 13.0 Å². The maximum atomic E-state index is 11.0. The predicted molar refractivity (Wildman–Crippen MR) is 107 cm³/mol. The van der Waals surface area contributed by atoms with Crippen LogP contribution in [-0.2, 0) is 16.7 Å². The largest absolute Gasteiger partial charge is 0.744 e. The zero-order valence-electron chi connectivity index (χ0n) is 16.9. The number of nitrogens with zero attached hydrogens (tertiary/aromatic N) is 1. The summed E-state index contributed by atoms with van der Waals surface area (Å²) in [5.41, 5.74) is 1.06. The highest BCUT2D eigenvalue weighted by Gasteiger charge is 2.15. The molecule has 26 heavy (non-hydrogen) atoms. The van der Waals surface area contributed by atoms with Gasteiger partial charge in [-0.15, -0.1) is 0 Å². The van der Waals surface area contributed by atoms with E-state index in [1.54, 1.807) is 12.1 Å². The fourth-order valence-electron chi connectivity index (χ4n) is 3.36. The van der Waals surface area contributed by atoms with Gasteiger partial charge in [-0.05, 0) is 25.0 Å². The molecule has 0 aliphatic heterocycles. The normalized spacial score (nSPS) is 12.5. The molecular formula is C21H37NO3S. The van der Waals surface area contributed by atoms with E-state index < -0.39 is 10.1 Å². The lowest BCUT2D eigenvalue weighted by molar-refractivity contribution is -0.903. The van der Waals surface area contributed by atoms with Gasteiger partial charge in [0.05, 0.1) is 25.5 Å². The van der Waals surface area contributed by atoms with Gasteiger partial charge < -0.3 is 9.04 Å². The van der Waals surface area contributed by atoms with Crippen molar-refractivity contribution in [2.75, 3.05) is 20.6 Å². The van der Waals surface area contributed by atoms with Crippen LogP contribution >= 0.6 is 0 Å². The first kappa shape index (κ1) is 23.1. The Morgan fingerprint density at radius 2 is 1.27 bits per heavy atom. The van der Waals surface area contributed by atoms with Gasteiger partial charge in [0.25, 0.3) is 0 Å². The summed E-state index contributed by atoms with van der Waals surface area (Å²) < 4.78 is 33.8. The lowest BCUT2D eigenvalue weighted by atomic mass is 10.1. The van der Waals surface area contributed by atoms with E-state index in [4.69, 9.17) is 0 Å². The summed E-state index contributed by atoms with van der Waals surface area (Å²) in [5.74, 6) is 0. The number of quaternary nitrogens is 1. The summed E-state index contributed by atoms with van der Waals surface area (Å²) in [7, 11) is 0.0502. The molecule has 5 heteroatoms. The van der Waals surface area contributed by atoms with Crippen molar-refractivity contribution in [1.82, 2.24) is 0 Å². The summed E-state index contributed by atoms with van der Waals surface area (Å²) in [4.78, 5) is -0.152. The van der Waals surface area contributed by atoms with Crippen LogP contribution in [0.5, 0.6) is 0 Å². The van der Waals surface area contributed by atoms with Gasteiger partial charge in [0.2, 0.25) is 0 Å². The van der Waals surface area contributed by atoms with Crippen molar-refractivity contribution in [3.63, 3.8) is 0 Å². The van der Waals surface area contributed by atoms with Crippen LogP contribution in [0.3, 0.4) is 0 Å². The second-order valence-corrected chi connectivity index (χ2v) is 9.48. The van der Waals surface area contributed by atoms with Crippen LogP contribution in [0, 0.1) is 0 Å². The Kier molecular flexibility index (Phi) is 10.4. The SMILES string of the molecule is CCCCCCCCCCCC[N+](C)(C)Cc1ccc(S(=O)(=O)[O-])cc1. The van der Waals surface area contributed by atoms with E-state index in [1.165, 1.54) is 76.3 Å². The van der Waals surface area contributed by atoms with Crippen LogP contribution in [0.1, 0.15) is 76.7 Å². The molecule has 0 unspecified atom stereocenters. The number of unbranched alkanes of at least 4 members (excludes halogenated alkanes) is 9. The third kappa shape index (κ3) is 10.3. The highest BCUT2D eigenvalue weighted by atomic mass is 32.2. The molecule has 1 rings (SSSR count). The average Bonchev–Trinajstić information content (AvgIpc) is 2.56. The first-order valence-electron chi connectivity index (χ1n) is 10.1. The Balaban J connectivity index is 2.20. The maximum absolute atomic E-state index is 11.0. The van der Waals surface area contributed by atoms with E-state index in [1.807, 2.05) is 0 Å². The van der Waals surface area contributed by atoms with Gasteiger partial charge in [0.1, 0.15) is 16.7 Å². The predicted octanol–water partition coefficient (Wildman–Crippen LogP) is 5.09. The standard InChI is InChI=1S/C21H37NO3S/c1-4-5-6-7-8-9-10-11-12-13-18-22(2,3)19-20-14-16-21(17-15-20)26(23,24)25/h14-17H,4-13,18-19H2,1-3H3. The fraction of sp³-hybridized carbons (Fsp3) is 0.714. The number of hydrogen-bond donors (Lipinski definition) is 0. The minimum absolute atomic E-state index is 0.152. The molecule has 1 aromatic rings. The lowest BCUT2D eigenvalue weighted by Crippen LogP contribution is -2.39. The molecule has 0 bridgehead atoms. The van der Waals surface area contributed by atoms with E-state index in [-0.39, 0.29) is 4.90 Å². The molecule has 0 fully saturated rings. The minimum atomic E-state index is -4.35. The van der Waals surface area contributed by atoms with E-state index in [0.717, 1.165) is 23.1 Å². The van der Waals surface area contributed by atoms with Crippen molar-refractivity contribution in [2.45, 2.75) is 82.6 Å². The number of benzene rings is 1. The Morgan fingerprint density at radius 3 is 1.73 bits per heavy atom. The quantitative estimate of drug-likeness (QED) is 0.255. The van der Waals surface area contributed by atoms with Gasteiger partial charge >= 0.3 is 0 Å². The van der Waals surface area contributed by atoms with Gasteiger partial charge in [0.15, 0.2) is 0 Å². The lowest BCUT2D eigenvalue weighted by Gasteiger charge is -2.30. The Labute approximate surface area is 161 Å². The Bertz CT molecular complexity index is 594. The van der Waals surface area contributed by atoms with Crippen LogP contribution in [0.4, 0.5) is 0 Å². The maximum Gasteiger partial charge on any atom is 0.124 e. The summed E-state index contributed by atoms with van der Waals surface area (Å²) in [6.07, 6.45) is 13.4. The van der Waals surface area contributed by atoms with Gasteiger partial charge in [-0.2, -0.15) is 0 Å². The number of rotatable bonds is 14. The molecule has 0 amide bonds. The Hall–Kier alpha value is -0.910. The Morgan fingerprint density at radius 1 is 0.808 bits per heavy atom. The molecule has 1 aromatic carbocycles. The van der Waals surface area contributed by atoms with Gasteiger partial charge in [0, 0.05) is 5.56 Å². The van der Waals surface area contributed by atoms with Crippen molar-refractivity contribution in [1.29, 1.82) is 0 Å². The highest BCUT2D eigenvalue weighted by Crippen LogP contribution is 2.16. The molecule has 0 saturated heterocycles. The van der Waals surface area contributed by atoms with Gasteiger partial charge in [-0.1, -0.05) is 70.4 Å². The zero-order valence-corrected chi connectivity index (χ0v) is 17.7. The van der Waals surface area contributed by atoms with Crippen LogP contribution in [0.25, 0.3) is 0 Å². The van der Waals surface area contributed by atoms with Crippen molar-refractivity contribution in [2.24, 2.45) is 0 Å². The minimum Gasteiger partial charge on any atom is -0.744 e. The van der Waals surface area contributed by atoms with Crippen molar-refractivity contribution >= 4 is 10.1 Å². The molecule has 0 atom stereocenters. The topological polar surface area (TPSA) is 57.2 Å². The summed E-state index contributed by atoms with van der Waals surface area (Å²) in [5, 5.41) is 0. The van der Waals surface area contributed by atoms with Crippen LogP contribution in [0.15, 0.2) is 29.2 Å². The third-order valence-corrected chi connectivity index (χ3v) is 5.79. The smallest absolute Gasteiger partial charge is 0.124 e. The van der Waals surface area contributed by atoms with Crippen molar-refractivity contribution in [3.8, 4) is 0 Å². The molecule has 0 heterocycles. The monoisotopic (exact) mass is 383 g/mol. The molecule has 150 valence electrons. The summed E-state index contributed by atoms with van der Waals surface area (Å²) in [6, 6.07) is 6.34. The second kappa shape index (κ2) is 11.7. The van der Waals surface area contributed by atoms with Crippen LogP contribution < -0.4 is 0 Å². The molecule has 0 radical (unpaired) electrons. The van der Waals surface area contributed by atoms with Gasteiger partial charge in [-0.25, -0.2) is 8.42 Å². The molecule has 0 spiro atoms. The summed E-state index contributed by atoms with van der Waals surface area (Å²) >= 11 is 0. The second-order valence-electron chi connectivity index (χ2n) is 8.10. The van der Waals surface area contributed by atoms with Crippen LogP contribution in [-0.4, -0.2) is 38.1 Å². The summed E-state index contributed by atoms with van der Waals surface area (Å²) in [6.45, 7) is 4.21. The average molecular weight is 384 g/mol. The van der Waals surface area contributed by atoms with E-state index >= 15 is 0 Å². The molecular weight excluding hydrogens is 346 g/mol. The highest BCUT2D eigenvalue weighted by molar-refractivity contribution is 7.85. The number of hydrogen-bond acceptors (Lipinski definition) is 3. The van der Waals surface area contributed by atoms with Gasteiger partial charge in [-0.3, -0.25) is 0 Å². The first-order valence-corrected chi connectivity index (χ1v) is 11.5. The van der Waals surface area contributed by atoms with Crippen molar-refractivity contribution < 1.29 is 17.5 Å². The van der Waals surface area contributed by atoms with E-state index in [0.29, 0.717) is 0 Å². The molecule has 0 N–H and O–H groups in total. The molecule has 4 nitrogen and oxygen atoms in total. The third-order valence-electron chi connectivity index (χ3n) is 4.94. The first-order chi connectivity index (χ1) is 12.2. The van der Waals surface area contributed by atoms with Crippen LogP contribution in [0.2, 0.25) is 0 Å². The fourth-order valence-corrected chi connectivity index (χ4v) is 3.83. The molecule has 0 aliphatic carbocycles.